The highest BCUT2D eigenvalue weighted by Crippen LogP contribution is 2.68. The third kappa shape index (κ3) is 5.58. The van der Waals surface area contributed by atoms with Crippen molar-refractivity contribution in [1.29, 1.82) is 0 Å². The van der Waals surface area contributed by atoms with Crippen molar-refractivity contribution in [2.75, 3.05) is 5.75 Å². The molecule has 5 aromatic carbocycles. The molecule has 190 valence electrons. The molecule has 0 aliphatic carbocycles. The van der Waals surface area contributed by atoms with Crippen molar-refractivity contribution in [2.45, 2.75) is 34.1 Å². The van der Waals surface area contributed by atoms with Gasteiger partial charge in [-0.1, -0.05) is 115 Å². The van der Waals surface area contributed by atoms with Crippen LogP contribution in [0.1, 0.15) is 29.2 Å². The molecule has 0 saturated carbocycles. The van der Waals surface area contributed by atoms with Crippen LogP contribution in [0.15, 0.2) is 160 Å². The molecule has 2 nitrogen and oxygen atoms in total. The first kappa shape index (κ1) is 25.6. The summed E-state index contributed by atoms with van der Waals surface area (Å²) in [5, 5.41) is 3.37. The van der Waals surface area contributed by atoms with Crippen LogP contribution in [0.3, 0.4) is 0 Å². The van der Waals surface area contributed by atoms with Crippen molar-refractivity contribution in [1.82, 2.24) is 5.32 Å². The first-order chi connectivity index (χ1) is 18.7. The summed E-state index contributed by atoms with van der Waals surface area (Å²) in [6.45, 7) is 2.08. The fraction of sp³-hybridized carbons (Fsp3) is 0.114. The van der Waals surface area contributed by atoms with Crippen molar-refractivity contribution in [3.8, 4) is 0 Å². The van der Waals surface area contributed by atoms with Gasteiger partial charge >= 0.3 is 0 Å². The van der Waals surface area contributed by atoms with Crippen LogP contribution >= 0.6 is 10.0 Å². The quantitative estimate of drug-likeness (QED) is 0.209. The number of hydrogen-bond donors (Lipinski definition) is 1. The summed E-state index contributed by atoms with van der Waals surface area (Å²) < 4.78 is 0. The molecule has 5 aromatic rings. The molecule has 0 bridgehead atoms. The molecule has 1 atom stereocenters. The molecule has 1 amide bonds. The van der Waals surface area contributed by atoms with Crippen molar-refractivity contribution < 1.29 is 4.79 Å². The van der Waals surface area contributed by atoms with E-state index in [1.165, 1.54) is 20.2 Å². The number of benzene rings is 5. The number of amides is 1. The van der Waals surface area contributed by atoms with Gasteiger partial charge < -0.3 is 5.32 Å². The third-order valence-corrected chi connectivity index (χ3v) is 11.0. The molecule has 0 heterocycles. The van der Waals surface area contributed by atoms with Crippen LogP contribution in [0.5, 0.6) is 0 Å². The molecule has 38 heavy (non-hydrogen) atoms. The van der Waals surface area contributed by atoms with E-state index in [9.17, 15) is 4.79 Å². The maximum absolute atomic E-state index is 13.7. The lowest BCUT2D eigenvalue weighted by Gasteiger charge is -2.41. The molecule has 0 radical (unpaired) electrons. The molecule has 1 unspecified atom stereocenters. The summed E-state index contributed by atoms with van der Waals surface area (Å²) in [5.41, 5.74) is 3.37. The molecule has 0 aromatic heterocycles. The molecular formula is C35H33NOS. The summed E-state index contributed by atoms with van der Waals surface area (Å²) >= 11 is 0. The van der Waals surface area contributed by atoms with Crippen LogP contribution < -0.4 is 5.32 Å². The first-order valence-corrected chi connectivity index (χ1v) is 14.8. The van der Waals surface area contributed by atoms with E-state index in [-0.39, 0.29) is 11.9 Å². The van der Waals surface area contributed by atoms with Gasteiger partial charge in [0, 0.05) is 6.42 Å². The topological polar surface area (TPSA) is 29.1 Å². The molecule has 0 fully saturated rings. The minimum absolute atomic E-state index is 0.0547. The van der Waals surface area contributed by atoms with E-state index in [0.29, 0.717) is 6.42 Å². The van der Waals surface area contributed by atoms with Gasteiger partial charge in [0.25, 0.3) is 0 Å². The molecule has 3 heteroatoms. The van der Waals surface area contributed by atoms with Crippen molar-refractivity contribution in [3.63, 3.8) is 0 Å². The summed E-state index contributed by atoms with van der Waals surface area (Å²) in [4.78, 5) is 17.5. The zero-order valence-electron chi connectivity index (χ0n) is 21.7. The fourth-order valence-corrected chi connectivity index (χ4v) is 8.84. The highest BCUT2D eigenvalue weighted by molar-refractivity contribution is 8.33. The van der Waals surface area contributed by atoms with Crippen LogP contribution in [0.2, 0.25) is 0 Å². The van der Waals surface area contributed by atoms with E-state index >= 15 is 0 Å². The average Bonchev–Trinajstić information content (AvgIpc) is 2.99. The van der Waals surface area contributed by atoms with E-state index < -0.39 is 10.0 Å². The third-order valence-electron chi connectivity index (χ3n) is 6.92. The van der Waals surface area contributed by atoms with Crippen LogP contribution in [0, 0.1) is 6.92 Å². The Morgan fingerprint density at radius 1 is 0.579 bits per heavy atom. The Labute approximate surface area is 227 Å². The summed E-state index contributed by atoms with van der Waals surface area (Å²) in [6, 6.07) is 50.5. The van der Waals surface area contributed by atoms with Gasteiger partial charge in [-0.3, -0.25) is 4.79 Å². The molecule has 0 aliphatic heterocycles. The number of carbonyl (C=O) groups is 1. The second-order valence-corrected chi connectivity index (χ2v) is 12.8. The number of rotatable bonds is 9. The van der Waals surface area contributed by atoms with Crippen molar-refractivity contribution >= 4 is 15.9 Å². The fourth-order valence-electron chi connectivity index (χ4n) is 4.96. The summed E-state index contributed by atoms with van der Waals surface area (Å²) in [6.07, 6.45) is 0.420. The maximum atomic E-state index is 13.7. The Bertz CT molecular complexity index is 1340. The van der Waals surface area contributed by atoms with Crippen molar-refractivity contribution in [3.05, 3.63) is 162 Å². The number of carbonyl (C=O) groups excluding carboxylic acids is 1. The lowest BCUT2D eigenvalue weighted by molar-refractivity contribution is -0.121. The zero-order chi connectivity index (χ0) is 26.2. The van der Waals surface area contributed by atoms with Crippen LogP contribution in [-0.4, -0.2) is 11.7 Å². The second-order valence-electron chi connectivity index (χ2n) is 9.45. The molecule has 0 spiro atoms. The minimum Gasteiger partial charge on any atom is -0.345 e. The predicted molar refractivity (Wildman–Crippen MR) is 159 cm³/mol. The average molecular weight is 516 g/mol. The number of aryl methyl sites for hydroxylation is 1. The predicted octanol–water partition coefficient (Wildman–Crippen LogP) is 8.57. The molecule has 5 rings (SSSR count). The molecule has 0 aliphatic rings. The monoisotopic (exact) mass is 515 g/mol. The Morgan fingerprint density at radius 3 is 1.42 bits per heavy atom. The highest BCUT2D eigenvalue weighted by Gasteiger charge is 2.31. The van der Waals surface area contributed by atoms with Crippen LogP contribution in [0.25, 0.3) is 0 Å². The lowest BCUT2D eigenvalue weighted by atomic mass is 9.97. The van der Waals surface area contributed by atoms with Gasteiger partial charge in [-0.25, -0.2) is 0 Å². The molecule has 1 N–H and O–H groups in total. The Balaban J connectivity index is 1.49. The zero-order valence-corrected chi connectivity index (χ0v) is 22.5. The van der Waals surface area contributed by atoms with Crippen LogP contribution in [0.4, 0.5) is 0 Å². The SMILES string of the molecule is Cc1ccc(C(NC(=O)CCS(c2ccccc2)(c2ccccc2)c2ccccc2)c2ccccc2)cc1. The van der Waals surface area contributed by atoms with Gasteiger partial charge in [0.2, 0.25) is 5.91 Å². The van der Waals surface area contributed by atoms with E-state index in [0.717, 1.165) is 16.9 Å². The number of nitrogens with one attached hydrogen (secondary N) is 1. The van der Waals surface area contributed by atoms with Crippen molar-refractivity contribution in [2.24, 2.45) is 0 Å². The number of hydrogen-bond acceptors (Lipinski definition) is 1. The van der Waals surface area contributed by atoms with Crippen LogP contribution in [-0.2, 0) is 4.79 Å². The molecule has 0 saturated heterocycles. The Kier molecular flexibility index (Phi) is 8.06. The van der Waals surface area contributed by atoms with Gasteiger partial charge in [0.05, 0.1) is 6.04 Å². The first-order valence-electron chi connectivity index (χ1n) is 13.0. The largest absolute Gasteiger partial charge is 0.345 e. The lowest BCUT2D eigenvalue weighted by Crippen LogP contribution is -2.30. The van der Waals surface area contributed by atoms with Gasteiger partial charge in [-0.15, -0.1) is 0 Å². The van der Waals surface area contributed by atoms with E-state index in [1.807, 2.05) is 18.2 Å². The van der Waals surface area contributed by atoms with Gasteiger partial charge in [-0.2, -0.15) is 10.0 Å². The van der Waals surface area contributed by atoms with Gasteiger partial charge in [0.15, 0.2) is 0 Å². The smallest absolute Gasteiger partial charge is 0.221 e. The minimum atomic E-state index is -1.66. The van der Waals surface area contributed by atoms with Gasteiger partial charge in [0.1, 0.15) is 0 Å². The maximum Gasteiger partial charge on any atom is 0.221 e. The van der Waals surface area contributed by atoms with Gasteiger partial charge in [-0.05, 0) is 74.9 Å². The molecular weight excluding hydrogens is 482 g/mol. The second kappa shape index (κ2) is 12.0. The van der Waals surface area contributed by atoms with E-state index in [4.69, 9.17) is 0 Å². The summed E-state index contributed by atoms with van der Waals surface area (Å²) in [5.74, 6) is 0.783. The Morgan fingerprint density at radius 2 is 0.974 bits per heavy atom. The normalized spacial score (nSPS) is 12.4. The summed E-state index contributed by atoms with van der Waals surface area (Å²) in [7, 11) is -1.66. The van der Waals surface area contributed by atoms with E-state index in [1.54, 1.807) is 0 Å². The van der Waals surface area contributed by atoms with E-state index in [2.05, 4.69) is 140 Å². The Hall–Kier alpha value is -4.08. The highest BCUT2D eigenvalue weighted by atomic mass is 32.3. The standard InChI is InChI=1S/C35H33NOS/c1-28-22-24-30(25-23-28)35(29-14-6-2-7-15-29)36-34(37)26-27-38(31-16-8-3-9-17-31,32-18-10-4-11-19-32)33-20-12-5-13-21-33/h2-25,35H,26-27H2,1H3,(H,36,37).